The van der Waals surface area contributed by atoms with Gasteiger partial charge in [0.05, 0.1) is 4.88 Å². The molecule has 24 heavy (non-hydrogen) atoms. The number of amides is 1. The molecule has 1 amide bonds. The number of Topliss-reactive ketones (excluding diaryl/α,β-unsaturated/α-hetero) is 1. The number of hydrogen-bond donors (Lipinski definition) is 0. The molecule has 0 bridgehead atoms. The van der Waals surface area contributed by atoms with Crippen LogP contribution in [0.4, 0.5) is 0 Å². The van der Waals surface area contributed by atoms with Gasteiger partial charge in [0.25, 0.3) is 0 Å². The monoisotopic (exact) mass is 343 g/mol. The average molecular weight is 343 g/mol. The van der Waals surface area contributed by atoms with Crippen LogP contribution in [0.25, 0.3) is 10.1 Å². The zero-order valence-electron chi connectivity index (χ0n) is 14.5. The Morgan fingerprint density at radius 3 is 2.79 bits per heavy atom. The summed E-state index contributed by atoms with van der Waals surface area (Å²) in [5, 5.41) is 1.15. The highest BCUT2D eigenvalue weighted by molar-refractivity contribution is 7.20. The number of likely N-dealkylation sites (tertiary alicyclic amines) is 1. The van der Waals surface area contributed by atoms with Crippen LogP contribution in [0.15, 0.2) is 30.3 Å². The van der Waals surface area contributed by atoms with Gasteiger partial charge in [0.1, 0.15) is 0 Å². The van der Waals surface area contributed by atoms with E-state index in [4.69, 9.17) is 0 Å². The minimum atomic E-state index is 0.239. The fraction of sp³-hybridized carbons (Fsp3) is 0.500. The zero-order valence-corrected chi connectivity index (χ0v) is 15.3. The van der Waals surface area contributed by atoms with E-state index in [9.17, 15) is 9.59 Å². The van der Waals surface area contributed by atoms with Crippen molar-refractivity contribution in [3.63, 3.8) is 0 Å². The Labute approximate surface area is 147 Å². The van der Waals surface area contributed by atoms with E-state index in [0.717, 1.165) is 36.1 Å². The molecule has 1 aromatic heterocycles. The second-order valence-electron chi connectivity index (χ2n) is 6.80. The molecule has 1 aromatic carbocycles. The Morgan fingerprint density at radius 1 is 1.25 bits per heavy atom. The summed E-state index contributed by atoms with van der Waals surface area (Å²) in [7, 11) is 0. The molecule has 0 aliphatic carbocycles. The first-order valence-corrected chi connectivity index (χ1v) is 9.71. The molecule has 2 unspecified atom stereocenters. The predicted octanol–water partition coefficient (Wildman–Crippen LogP) is 4.90. The molecule has 4 heteroatoms. The quantitative estimate of drug-likeness (QED) is 0.724. The third-order valence-corrected chi connectivity index (χ3v) is 6.24. The van der Waals surface area contributed by atoms with Crippen LogP contribution in [-0.4, -0.2) is 29.2 Å². The Morgan fingerprint density at radius 2 is 2.04 bits per heavy atom. The van der Waals surface area contributed by atoms with Crippen LogP contribution in [0, 0.1) is 5.92 Å². The van der Waals surface area contributed by atoms with Crippen LogP contribution < -0.4 is 0 Å². The molecule has 0 spiro atoms. The fourth-order valence-electron chi connectivity index (χ4n) is 3.55. The summed E-state index contributed by atoms with van der Waals surface area (Å²) < 4.78 is 1.17. The SMILES string of the molecule is CCC(=O)N1CC(CCC(=O)c2cc3ccccc3s2)CCC1C. The van der Waals surface area contributed by atoms with Gasteiger partial charge < -0.3 is 4.90 Å². The number of nitrogens with zero attached hydrogens (tertiary/aromatic N) is 1. The highest BCUT2D eigenvalue weighted by Gasteiger charge is 2.28. The Bertz CT molecular complexity index is 703. The van der Waals surface area contributed by atoms with Gasteiger partial charge in [0, 0.05) is 30.1 Å². The number of hydrogen-bond acceptors (Lipinski definition) is 3. The normalized spacial score (nSPS) is 21.2. The predicted molar refractivity (Wildman–Crippen MR) is 99.6 cm³/mol. The summed E-state index contributed by atoms with van der Waals surface area (Å²) in [5.74, 6) is 0.932. The number of carbonyl (C=O) groups is 2. The van der Waals surface area contributed by atoms with Crippen molar-refractivity contribution in [2.45, 2.75) is 52.0 Å². The summed E-state index contributed by atoms with van der Waals surface area (Å²) in [4.78, 5) is 27.4. The van der Waals surface area contributed by atoms with Crippen molar-refractivity contribution in [2.24, 2.45) is 5.92 Å². The summed E-state index contributed by atoms with van der Waals surface area (Å²) in [6.07, 6.45) is 4.20. The molecule has 3 nitrogen and oxygen atoms in total. The molecule has 1 aliphatic heterocycles. The summed E-state index contributed by atoms with van der Waals surface area (Å²) in [5.41, 5.74) is 0. The van der Waals surface area contributed by atoms with Gasteiger partial charge in [-0.3, -0.25) is 9.59 Å². The van der Waals surface area contributed by atoms with E-state index < -0.39 is 0 Å². The van der Waals surface area contributed by atoms with Crippen molar-refractivity contribution < 1.29 is 9.59 Å². The second kappa shape index (κ2) is 7.47. The van der Waals surface area contributed by atoms with Crippen LogP contribution in [-0.2, 0) is 4.79 Å². The maximum atomic E-state index is 12.5. The van der Waals surface area contributed by atoms with Gasteiger partial charge in [0.15, 0.2) is 5.78 Å². The standard InChI is InChI=1S/C20H25NO2S/c1-3-20(23)21-13-15(9-8-14(21)2)10-11-17(22)19-12-16-6-4-5-7-18(16)24-19/h4-7,12,14-15H,3,8-11,13H2,1-2H3. The van der Waals surface area contributed by atoms with Gasteiger partial charge in [-0.1, -0.05) is 25.1 Å². The van der Waals surface area contributed by atoms with Crippen molar-refractivity contribution >= 4 is 33.1 Å². The van der Waals surface area contributed by atoms with E-state index in [2.05, 4.69) is 19.1 Å². The van der Waals surface area contributed by atoms with Gasteiger partial charge in [-0.05, 0) is 49.6 Å². The molecule has 0 radical (unpaired) electrons. The van der Waals surface area contributed by atoms with Crippen LogP contribution in [0.5, 0.6) is 0 Å². The molecule has 128 valence electrons. The minimum Gasteiger partial charge on any atom is -0.340 e. The molecule has 1 saturated heterocycles. The number of rotatable bonds is 5. The topological polar surface area (TPSA) is 37.4 Å². The molecule has 2 atom stereocenters. The third-order valence-electron chi connectivity index (χ3n) is 5.08. The van der Waals surface area contributed by atoms with Crippen molar-refractivity contribution in [2.75, 3.05) is 6.54 Å². The Hall–Kier alpha value is -1.68. The smallest absolute Gasteiger partial charge is 0.222 e. The van der Waals surface area contributed by atoms with E-state index in [1.807, 2.05) is 30.0 Å². The molecular formula is C20H25NO2S. The van der Waals surface area contributed by atoms with Crippen molar-refractivity contribution in [3.8, 4) is 0 Å². The number of piperidine rings is 1. The second-order valence-corrected chi connectivity index (χ2v) is 7.89. The molecule has 0 saturated carbocycles. The van der Waals surface area contributed by atoms with Crippen LogP contribution in [0.1, 0.15) is 55.6 Å². The van der Waals surface area contributed by atoms with Crippen LogP contribution >= 0.6 is 11.3 Å². The lowest BCUT2D eigenvalue weighted by Crippen LogP contribution is -2.45. The number of ketones is 1. The van der Waals surface area contributed by atoms with Crippen molar-refractivity contribution in [3.05, 3.63) is 35.2 Å². The Kier molecular flexibility index (Phi) is 5.34. The highest BCUT2D eigenvalue weighted by atomic mass is 32.1. The molecule has 3 rings (SSSR count). The van der Waals surface area contributed by atoms with Gasteiger partial charge >= 0.3 is 0 Å². The lowest BCUT2D eigenvalue weighted by molar-refractivity contribution is -0.135. The third kappa shape index (κ3) is 3.69. The van der Waals surface area contributed by atoms with Gasteiger partial charge in [-0.15, -0.1) is 11.3 Å². The molecular weight excluding hydrogens is 318 g/mol. The van der Waals surface area contributed by atoms with E-state index in [-0.39, 0.29) is 11.7 Å². The van der Waals surface area contributed by atoms with E-state index in [0.29, 0.717) is 24.8 Å². The molecule has 2 aromatic rings. The van der Waals surface area contributed by atoms with Crippen LogP contribution in [0.3, 0.4) is 0 Å². The number of benzene rings is 1. The molecule has 1 fully saturated rings. The minimum absolute atomic E-state index is 0.239. The van der Waals surface area contributed by atoms with Crippen LogP contribution in [0.2, 0.25) is 0 Å². The van der Waals surface area contributed by atoms with E-state index in [1.165, 1.54) is 4.70 Å². The first kappa shape index (κ1) is 17.2. The zero-order chi connectivity index (χ0) is 17.1. The Balaban J connectivity index is 1.58. The summed E-state index contributed by atoms with van der Waals surface area (Å²) >= 11 is 1.59. The van der Waals surface area contributed by atoms with Gasteiger partial charge in [-0.25, -0.2) is 0 Å². The lowest BCUT2D eigenvalue weighted by atomic mass is 9.89. The lowest BCUT2D eigenvalue weighted by Gasteiger charge is -2.38. The molecule has 2 heterocycles. The first-order valence-electron chi connectivity index (χ1n) is 8.89. The first-order chi connectivity index (χ1) is 11.6. The van der Waals surface area contributed by atoms with Crippen molar-refractivity contribution in [1.29, 1.82) is 0 Å². The molecule has 1 aliphatic rings. The number of carbonyl (C=O) groups excluding carboxylic acids is 2. The largest absolute Gasteiger partial charge is 0.340 e. The fourth-order valence-corrected chi connectivity index (χ4v) is 4.58. The van der Waals surface area contributed by atoms with E-state index >= 15 is 0 Å². The maximum absolute atomic E-state index is 12.5. The maximum Gasteiger partial charge on any atom is 0.222 e. The van der Waals surface area contributed by atoms with Gasteiger partial charge in [-0.2, -0.15) is 0 Å². The summed E-state index contributed by atoms with van der Waals surface area (Å²) in [6.45, 7) is 4.86. The van der Waals surface area contributed by atoms with Gasteiger partial charge in [0.2, 0.25) is 5.91 Å². The van der Waals surface area contributed by atoms with Crippen molar-refractivity contribution in [1.82, 2.24) is 4.90 Å². The number of fused-ring (bicyclic) bond motifs is 1. The highest BCUT2D eigenvalue weighted by Crippen LogP contribution is 2.29. The molecule has 0 N–H and O–H groups in total. The number of thiophene rings is 1. The van der Waals surface area contributed by atoms with E-state index in [1.54, 1.807) is 11.3 Å². The average Bonchev–Trinajstić information content (AvgIpc) is 3.04. The summed E-state index contributed by atoms with van der Waals surface area (Å²) in [6, 6.07) is 10.5.